The molecule has 1 nitrogen and oxygen atoms in total. The lowest BCUT2D eigenvalue weighted by atomic mass is 9.91. The number of benzene rings is 2. The smallest absolute Gasteiger partial charge is 0.0877 e. The van der Waals surface area contributed by atoms with E-state index >= 15 is 0 Å². The summed E-state index contributed by atoms with van der Waals surface area (Å²) in [6.45, 7) is 1.12. The van der Waals surface area contributed by atoms with Crippen LogP contribution in [0, 0.1) is 0 Å². The average molecular weight is 262 g/mol. The highest BCUT2D eigenvalue weighted by atomic mass is 35.5. The summed E-state index contributed by atoms with van der Waals surface area (Å²) in [5.41, 5.74) is 2.81. The average Bonchev–Trinajstić information content (AvgIpc) is 2.38. The molecule has 2 heteroatoms. The zero-order valence-electron chi connectivity index (χ0n) is 10.9. The van der Waals surface area contributed by atoms with Gasteiger partial charge in [0, 0.05) is 0 Å². The van der Waals surface area contributed by atoms with Crippen molar-refractivity contribution in [3.63, 3.8) is 0 Å². The molecule has 0 radical (unpaired) electrons. The van der Waals surface area contributed by atoms with Crippen molar-refractivity contribution >= 4 is 0 Å². The van der Waals surface area contributed by atoms with Gasteiger partial charge in [-0.3, -0.25) is 0 Å². The zero-order valence-corrected chi connectivity index (χ0v) is 11.7. The summed E-state index contributed by atoms with van der Waals surface area (Å²) in [4.78, 5) is 1.47. The molecule has 0 fully saturated rings. The SMILES string of the molecule is C[NH+](C)CC(c1ccccc1)c1ccccc1.[Cl-]. The van der Waals surface area contributed by atoms with Gasteiger partial charge in [0.25, 0.3) is 0 Å². The Kier molecular flexibility index (Phi) is 5.90. The van der Waals surface area contributed by atoms with Crippen molar-refractivity contribution in [3.05, 3.63) is 71.8 Å². The van der Waals surface area contributed by atoms with Crippen LogP contribution in [0.4, 0.5) is 0 Å². The van der Waals surface area contributed by atoms with Gasteiger partial charge in [0.15, 0.2) is 0 Å². The van der Waals surface area contributed by atoms with Crippen LogP contribution in [0.25, 0.3) is 0 Å². The van der Waals surface area contributed by atoms with E-state index in [0.29, 0.717) is 5.92 Å². The lowest BCUT2D eigenvalue weighted by molar-refractivity contribution is -0.859. The number of hydrogen-bond acceptors (Lipinski definition) is 0. The van der Waals surface area contributed by atoms with E-state index in [1.165, 1.54) is 16.0 Å². The summed E-state index contributed by atoms with van der Waals surface area (Å²) < 4.78 is 0. The first-order chi connectivity index (χ1) is 8.27. The molecule has 0 aromatic heterocycles. The Bertz CT molecular complexity index is 400. The molecular weight excluding hydrogens is 242 g/mol. The van der Waals surface area contributed by atoms with Crippen LogP contribution in [0.5, 0.6) is 0 Å². The molecule has 0 heterocycles. The highest BCUT2D eigenvalue weighted by molar-refractivity contribution is 5.32. The second-order valence-corrected chi connectivity index (χ2v) is 4.79. The van der Waals surface area contributed by atoms with Gasteiger partial charge in [0.2, 0.25) is 0 Å². The Balaban J connectivity index is 0.00000162. The lowest BCUT2D eigenvalue weighted by Crippen LogP contribution is -3.06. The molecule has 0 aliphatic carbocycles. The fraction of sp³-hybridized carbons (Fsp3) is 0.250. The van der Waals surface area contributed by atoms with Crippen LogP contribution in [0.3, 0.4) is 0 Å². The van der Waals surface area contributed by atoms with Crippen LogP contribution in [-0.4, -0.2) is 20.6 Å². The predicted molar refractivity (Wildman–Crippen MR) is 72.4 cm³/mol. The van der Waals surface area contributed by atoms with Crippen LogP contribution in [0.2, 0.25) is 0 Å². The summed E-state index contributed by atoms with van der Waals surface area (Å²) in [6, 6.07) is 21.5. The topological polar surface area (TPSA) is 4.44 Å². The number of rotatable bonds is 4. The van der Waals surface area contributed by atoms with Gasteiger partial charge in [0.1, 0.15) is 0 Å². The van der Waals surface area contributed by atoms with Crippen LogP contribution in [0.15, 0.2) is 60.7 Å². The minimum Gasteiger partial charge on any atom is -1.00 e. The molecule has 0 bridgehead atoms. The maximum absolute atomic E-state index is 2.22. The largest absolute Gasteiger partial charge is 1.00 e. The van der Waals surface area contributed by atoms with Gasteiger partial charge >= 0.3 is 0 Å². The number of likely N-dealkylation sites (N-methyl/N-ethyl adjacent to an activating group) is 1. The first-order valence-corrected chi connectivity index (χ1v) is 6.16. The number of quaternary nitrogens is 1. The van der Waals surface area contributed by atoms with E-state index < -0.39 is 0 Å². The van der Waals surface area contributed by atoms with E-state index in [2.05, 4.69) is 74.8 Å². The zero-order chi connectivity index (χ0) is 12.1. The summed E-state index contributed by atoms with van der Waals surface area (Å²) in [6.07, 6.45) is 0. The van der Waals surface area contributed by atoms with E-state index in [1.807, 2.05) is 0 Å². The molecule has 96 valence electrons. The summed E-state index contributed by atoms with van der Waals surface area (Å²) in [5.74, 6) is 0.488. The van der Waals surface area contributed by atoms with Crippen LogP contribution >= 0.6 is 0 Å². The molecule has 0 aliphatic heterocycles. The Labute approximate surface area is 116 Å². The molecule has 2 aromatic carbocycles. The third-order valence-corrected chi connectivity index (χ3v) is 3.02. The lowest BCUT2D eigenvalue weighted by Gasteiger charge is -2.19. The summed E-state index contributed by atoms with van der Waals surface area (Å²) in [7, 11) is 4.41. The molecule has 0 saturated carbocycles. The predicted octanol–water partition coefficient (Wildman–Crippen LogP) is -1.03. The normalized spacial score (nSPS) is 10.4. The molecule has 0 amide bonds. The second kappa shape index (κ2) is 7.20. The number of hydrogen-bond donors (Lipinski definition) is 1. The highest BCUT2D eigenvalue weighted by Gasteiger charge is 2.16. The van der Waals surface area contributed by atoms with Crippen molar-refractivity contribution in [1.29, 1.82) is 0 Å². The number of nitrogens with one attached hydrogen (secondary N) is 1. The first kappa shape index (κ1) is 14.7. The van der Waals surface area contributed by atoms with Crippen molar-refractivity contribution in [2.45, 2.75) is 5.92 Å². The van der Waals surface area contributed by atoms with Gasteiger partial charge in [-0.15, -0.1) is 0 Å². The summed E-state index contributed by atoms with van der Waals surface area (Å²) in [5, 5.41) is 0. The fourth-order valence-electron chi connectivity index (χ4n) is 2.21. The fourth-order valence-corrected chi connectivity index (χ4v) is 2.21. The van der Waals surface area contributed by atoms with E-state index in [1.54, 1.807) is 0 Å². The Morgan fingerprint density at radius 2 is 1.17 bits per heavy atom. The van der Waals surface area contributed by atoms with Gasteiger partial charge in [-0.05, 0) is 11.1 Å². The standard InChI is InChI=1S/C16H19N.ClH/c1-17(2)13-16(14-9-5-3-6-10-14)15-11-7-4-8-12-15;/h3-12,16H,13H2,1-2H3;1H. The van der Waals surface area contributed by atoms with Crippen LogP contribution < -0.4 is 17.3 Å². The van der Waals surface area contributed by atoms with E-state index in [0.717, 1.165) is 6.54 Å². The molecule has 18 heavy (non-hydrogen) atoms. The van der Waals surface area contributed by atoms with Crippen molar-refractivity contribution in [2.24, 2.45) is 0 Å². The molecule has 0 atom stereocenters. The minimum absolute atomic E-state index is 0. The van der Waals surface area contributed by atoms with E-state index in [-0.39, 0.29) is 12.4 Å². The molecule has 0 spiro atoms. The molecule has 1 N–H and O–H groups in total. The Morgan fingerprint density at radius 1 is 0.778 bits per heavy atom. The van der Waals surface area contributed by atoms with E-state index in [9.17, 15) is 0 Å². The molecular formula is C16H20ClN. The van der Waals surface area contributed by atoms with Crippen molar-refractivity contribution in [3.8, 4) is 0 Å². The third-order valence-electron chi connectivity index (χ3n) is 3.02. The van der Waals surface area contributed by atoms with Gasteiger partial charge in [0.05, 0.1) is 26.6 Å². The van der Waals surface area contributed by atoms with Crippen molar-refractivity contribution in [2.75, 3.05) is 20.6 Å². The second-order valence-electron chi connectivity index (χ2n) is 4.79. The molecule has 2 rings (SSSR count). The third kappa shape index (κ3) is 3.86. The van der Waals surface area contributed by atoms with Gasteiger partial charge in [-0.1, -0.05) is 60.7 Å². The van der Waals surface area contributed by atoms with Gasteiger partial charge in [-0.25, -0.2) is 0 Å². The monoisotopic (exact) mass is 261 g/mol. The van der Waals surface area contributed by atoms with Crippen molar-refractivity contribution < 1.29 is 17.3 Å². The van der Waals surface area contributed by atoms with Crippen LogP contribution in [-0.2, 0) is 0 Å². The quantitative estimate of drug-likeness (QED) is 0.718. The Morgan fingerprint density at radius 3 is 1.50 bits per heavy atom. The number of halogens is 1. The van der Waals surface area contributed by atoms with Gasteiger partial charge < -0.3 is 17.3 Å². The summed E-state index contributed by atoms with van der Waals surface area (Å²) >= 11 is 0. The minimum atomic E-state index is 0. The Hall–Kier alpha value is -1.31. The molecule has 0 saturated heterocycles. The van der Waals surface area contributed by atoms with Crippen molar-refractivity contribution in [1.82, 2.24) is 0 Å². The molecule has 0 aliphatic rings. The molecule has 0 unspecified atom stereocenters. The maximum atomic E-state index is 2.22. The van der Waals surface area contributed by atoms with E-state index in [4.69, 9.17) is 0 Å². The highest BCUT2D eigenvalue weighted by Crippen LogP contribution is 2.22. The maximum Gasteiger partial charge on any atom is 0.0877 e. The van der Waals surface area contributed by atoms with Gasteiger partial charge in [-0.2, -0.15) is 0 Å². The molecule has 2 aromatic rings. The first-order valence-electron chi connectivity index (χ1n) is 6.16. The van der Waals surface area contributed by atoms with Crippen LogP contribution in [0.1, 0.15) is 17.0 Å².